The molecule has 1 saturated heterocycles. The molecule has 0 aromatic heterocycles. The second-order valence-corrected chi connectivity index (χ2v) is 6.53. The predicted octanol–water partition coefficient (Wildman–Crippen LogP) is 2.22. The fourth-order valence-corrected chi connectivity index (χ4v) is 2.83. The van der Waals surface area contributed by atoms with Crippen molar-refractivity contribution < 1.29 is 37.0 Å². The zero-order valence-corrected chi connectivity index (χ0v) is 16.0. The summed E-state index contributed by atoms with van der Waals surface area (Å²) in [4.78, 5) is 36.1. The predicted molar refractivity (Wildman–Crippen MR) is 96.4 cm³/mol. The van der Waals surface area contributed by atoms with Gasteiger partial charge in [-0.15, -0.1) is 0 Å². The summed E-state index contributed by atoms with van der Waals surface area (Å²) >= 11 is 0. The van der Waals surface area contributed by atoms with E-state index in [1.54, 1.807) is 6.07 Å². The fraction of sp³-hybridized carbons (Fsp3) is 0.526. The Balaban J connectivity index is 1.73. The number of carbonyl (C=O) groups is 3. The Morgan fingerprint density at radius 2 is 1.86 bits per heavy atom. The number of benzene rings is 1. The molecule has 0 bridgehead atoms. The summed E-state index contributed by atoms with van der Waals surface area (Å²) in [7, 11) is 1.32. The first-order valence-corrected chi connectivity index (χ1v) is 9.16. The van der Waals surface area contributed by atoms with Gasteiger partial charge in [0.15, 0.2) is 18.1 Å². The summed E-state index contributed by atoms with van der Waals surface area (Å²) in [5.41, 5.74) is 0.713. The van der Waals surface area contributed by atoms with Crippen molar-refractivity contribution in [3.8, 4) is 11.5 Å². The van der Waals surface area contributed by atoms with Gasteiger partial charge in [-0.3, -0.25) is 19.3 Å². The van der Waals surface area contributed by atoms with E-state index in [2.05, 4.69) is 5.32 Å². The number of halogens is 3. The second kappa shape index (κ2) is 10.1. The lowest BCUT2D eigenvalue weighted by molar-refractivity contribution is -0.153. The Hall–Kier alpha value is -2.78. The molecule has 160 valence electrons. The number of alkyl halides is 3. The molecule has 1 heterocycles. The molecular weight excluding hydrogens is 393 g/mol. The summed E-state index contributed by atoms with van der Waals surface area (Å²) in [6.07, 6.45) is -2.94. The molecule has 7 nitrogen and oxygen atoms in total. The average Bonchev–Trinajstić information content (AvgIpc) is 2.99. The maximum atomic E-state index is 12.3. The van der Waals surface area contributed by atoms with Crippen LogP contribution in [0, 0.1) is 0 Å². The lowest BCUT2D eigenvalue weighted by Gasteiger charge is -2.14. The fourth-order valence-electron chi connectivity index (χ4n) is 2.83. The van der Waals surface area contributed by atoms with Crippen LogP contribution in [0.2, 0.25) is 0 Å². The number of nitrogens with zero attached hydrogens (tertiary/aromatic N) is 1. The van der Waals surface area contributed by atoms with Gasteiger partial charge in [-0.05, 0) is 30.5 Å². The van der Waals surface area contributed by atoms with Crippen molar-refractivity contribution in [3.05, 3.63) is 23.8 Å². The van der Waals surface area contributed by atoms with Crippen LogP contribution in [0.1, 0.15) is 31.2 Å². The molecule has 1 aliphatic rings. The van der Waals surface area contributed by atoms with Crippen LogP contribution in [-0.4, -0.2) is 55.6 Å². The summed E-state index contributed by atoms with van der Waals surface area (Å²) in [5.74, 6) is -0.438. The van der Waals surface area contributed by atoms with E-state index in [0.717, 1.165) is 0 Å². The van der Waals surface area contributed by atoms with E-state index in [4.69, 9.17) is 9.47 Å². The van der Waals surface area contributed by atoms with Crippen LogP contribution in [0.5, 0.6) is 11.5 Å². The minimum atomic E-state index is -4.45. The van der Waals surface area contributed by atoms with Crippen LogP contribution >= 0.6 is 0 Å². The average molecular weight is 416 g/mol. The molecule has 1 aromatic rings. The number of aryl methyl sites for hydroxylation is 1. The number of imide groups is 1. The number of amides is 3. The van der Waals surface area contributed by atoms with Crippen LogP contribution in [0.25, 0.3) is 0 Å². The summed E-state index contributed by atoms with van der Waals surface area (Å²) in [5, 5.41) is 2.71. The third kappa shape index (κ3) is 7.28. The highest BCUT2D eigenvalue weighted by Gasteiger charge is 2.29. The summed E-state index contributed by atoms with van der Waals surface area (Å²) < 4.78 is 46.6. The maximum Gasteiger partial charge on any atom is 0.422 e. The number of methoxy groups -OCH3 is 1. The molecule has 1 fully saturated rings. The van der Waals surface area contributed by atoms with Crippen molar-refractivity contribution in [2.45, 2.75) is 38.3 Å². The van der Waals surface area contributed by atoms with Gasteiger partial charge in [-0.1, -0.05) is 6.07 Å². The number of likely N-dealkylation sites (tertiary alicyclic amines) is 1. The lowest BCUT2D eigenvalue weighted by atomic mass is 10.1. The normalized spacial score (nSPS) is 14.3. The molecule has 1 aromatic carbocycles. The van der Waals surface area contributed by atoms with Gasteiger partial charge in [0, 0.05) is 32.4 Å². The monoisotopic (exact) mass is 416 g/mol. The van der Waals surface area contributed by atoms with Gasteiger partial charge in [-0.25, -0.2) is 0 Å². The van der Waals surface area contributed by atoms with Gasteiger partial charge < -0.3 is 14.8 Å². The number of nitrogens with one attached hydrogen (secondary N) is 1. The third-order valence-electron chi connectivity index (χ3n) is 4.30. The molecule has 0 unspecified atom stereocenters. The molecule has 0 spiro atoms. The van der Waals surface area contributed by atoms with Gasteiger partial charge in [0.25, 0.3) is 0 Å². The van der Waals surface area contributed by atoms with Gasteiger partial charge in [0.05, 0.1) is 7.11 Å². The first-order valence-electron chi connectivity index (χ1n) is 9.16. The Bertz CT molecular complexity index is 736. The highest BCUT2D eigenvalue weighted by molar-refractivity contribution is 6.01. The van der Waals surface area contributed by atoms with E-state index in [0.29, 0.717) is 24.9 Å². The Labute approximate surface area is 166 Å². The molecule has 29 heavy (non-hydrogen) atoms. The zero-order chi connectivity index (χ0) is 21.4. The van der Waals surface area contributed by atoms with Crippen molar-refractivity contribution >= 4 is 17.7 Å². The minimum Gasteiger partial charge on any atom is -0.493 e. The molecule has 10 heteroatoms. The van der Waals surface area contributed by atoms with Crippen LogP contribution in [0.3, 0.4) is 0 Å². The number of hydrogen-bond donors (Lipinski definition) is 1. The van der Waals surface area contributed by atoms with Crippen molar-refractivity contribution in [2.75, 3.05) is 26.8 Å². The molecular formula is C19H23F3N2O5. The SMILES string of the molecule is COc1cc(CCC(=O)NCCCN2C(=O)CCC2=O)ccc1OCC(F)(F)F. The molecule has 0 saturated carbocycles. The summed E-state index contributed by atoms with van der Waals surface area (Å²) in [6.45, 7) is -0.794. The van der Waals surface area contributed by atoms with E-state index in [1.807, 2.05) is 0 Å². The Morgan fingerprint density at radius 1 is 1.17 bits per heavy atom. The molecule has 1 N–H and O–H groups in total. The van der Waals surface area contributed by atoms with E-state index in [-0.39, 0.29) is 55.0 Å². The van der Waals surface area contributed by atoms with Crippen molar-refractivity contribution in [1.29, 1.82) is 0 Å². The summed E-state index contributed by atoms with van der Waals surface area (Å²) in [6, 6.07) is 4.48. The number of carbonyl (C=O) groups excluding carboxylic acids is 3. The van der Waals surface area contributed by atoms with Crippen molar-refractivity contribution in [1.82, 2.24) is 10.2 Å². The van der Waals surface area contributed by atoms with Crippen LogP contribution in [-0.2, 0) is 20.8 Å². The molecule has 0 aliphatic carbocycles. The zero-order valence-electron chi connectivity index (χ0n) is 16.0. The van der Waals surface area contributed by atoms with Crippen LogP contribution in [0.4, 0.5) is 13.2 Å². The lowest BCUT2D eigenvalue weighted by Crippen LogP contribution is -2.33. The minimum absolute atomic E-state index is 0.0240. The molecule has 1 aliphatic heterocycles. The van der Waals surface area contributed by atoms with Crippen molar-refractivity contribution in [3.63, 3.8) is 0 Å². The topological polar surface area (TPSA) is 84.9 Å². The first kappa shape index (κ1) is 22.5. The van der Waals surface area contributed by atoms with Crippen LogP contribution < -0.4 is 14.8 Å². The first-order chi connectivity index (χ1) is 13.7. The molecule has 2 rings (SSSR count). The third-order valence-corrected chi connectivity index (χ3v) is 4.30. The van der Waals surface area contributed by atoms with Crippen LogP contribution in [0.15, 0.2) is 18.2 Å². The Kier molecular flexibility index (Phi) is 7.86. The van der Waals surface area contributed by atoms with Gasteiger partial charge in [0.1, 0.15) is 0 Å². The van der Waals surface area contributed by atoms with Gasteiger partial charge in [-0.2, -0.15) is 13.2 Å². The molecule has 0 atom stereocenters. The highest BCUT2D eigenvalue weighted by Crippen LogP contribution is 2.30. The molecule has 3 amide bonds. The molecule has 0 radical (unpaired) electrons. The van der Waals surface area contributed by atoms with E-state index >= 15 is 0 Å². The van der Waals surface area contributed by atoms with E-state index in [9.17, 15) is 27.6 Å². The van der Waals surface area contributed by atoms with Crippen molar-refractivity contribution in [2.24, 2.45) is 0 Å². The largest absolute Gasteiger partial charge is 0.493 e. The number of hydrogen-bond acceptors (Lipinski definition) is 5. The number of ether oxygens (including phenoxy) is 2. The smallest absolute Gasteiger partial charge is 0.422 e. The number of rotatable bonds is 10. The maximum absolute atomic E-state index is 12.3. The van der Waals surface area contributed by atoms with E-state index in [1.165, 1.54) is 24.1 Å². The quantitative estimate of drug-likeness (QED) is 0.467. The highest BCUT2D eigenvalue weighted by atomic mass is 19.4. The Morgan fingerprint density at radius 3 is 2.48 bits per heavy atom. The van der Waals surface area contributed by atoms with Gasteiger partial charge >= 0.3 is 6.18 Å². The standard InChI is InChI=1S/C19H23F3N2O5/c1-28-15-11-13(3-5-14(15)29-12-19(20,21)22)4-6-16(25)23-9-2-10-24-17(26)7-8-18(24)27/h3,5,11H,2,4,6-10,12H2,1H3,(H,23,25). The van der Waals surface area contributed by atoms with E-state index < -0.39 is 12.8 Å². The van der Waals surface area contributed by atoms with Gasteiger partial charge in [0.2, 0.25) is 17.7 Å². The second-order valence-electron chi connectivity index (χ2n) is 6.53.